The highest BCUT2D eigenvalue weighted by Crippen LogP contribution is 2.08. The molecule has 12 heavy (non-hydrogen) atoms. The zero-order valence-electron chi connectivity index (χ0n) is 6.80. The van der Waals surface area contributed by atoms with Crippen molar-refractivity contribution in [2.45, 2.75) is 0 Å². The van der Waals surface area contributed by atoms with Crippen molar-refractivity contribution in [3.8, 4) is 0 Å². The lowest BCUT2D eigenvalue weighted by Crippen LogP contribution is -2.00. The number of nitrogens with one attached hydrogen (secondary N) is 1. The zero-order chi connectivity index (χ0) is 8.97. The summed E-state index contributed by atoms with van der Waals surface area (Å²) in [5.41, 5.74) is 1.32. The van der Waals surface area contributed by atoms with E-state index in [-0.39, 0.29) is 0 Å². The first-order valence-corrected chi connectivity index (χ1v) is 3.65. The van der Waals surface area contributed by atoms with Gasteiger partial charge in [0.05, 0.1) is 0 Å². The number of carbonyl (C=O) groups is 1. The van der Waals surface area contributed by atoms with Gasteiger partial charge in [0, 0.05) is 18.3 Å². The number of rotatable bonds is 3. The van der Waals surface area contributed by atoms with E-state index in [0.717, 1.165) is 5.69 Å². The van der Waals surface area contributed by atoms with E-state index in [1.807, 2.05) is 0 Å². The second-order valence-corrected chi connectivity index (χ2v) is 2.38. The van der Waals surface area contributed by atoms with E-state index in [2.05, 4.69) is 5.32 Å². The van der Waals surface area contributed by atoms with Crippen LogP contribution in [-0.2, 0) is 0 Å². The number of anilines is 1. The van der Waals surface area contributed by atoms with Gasteiger partial charge in [-0.2, -0.15) is 0 Å². The molecular weight excluding hydrogens is 157 g/mol. The second-order valence-electron chi connectivity index (χ2n) is 2.38. The van der Waals surface area contributed by atoms with Crippen molar-refractivity contribution in [2.75, 3.05) is 19.0 Å². The fourth-order valence-electron chi connectivity index (χ4n) is 0.900. The third-order valence-corrected chi connectivity index (χ3v) is 1.62. The van der Waals surface area contributed by atoms with E-state index in [1.165, 1.54) is 0 Å². The molecule has 1 N–H and O–H groups in total. The quantitative estimate of drug-likeness (QED) is 0.696. The second kappa shape index (κ2) is 3.85. The van der Waals surface area contributed by atoms with Crippen molar-refractivity contribution in [3.63, 3.8) is 0 Å². The molecule has 0 bridgehead atoms. The van der Waals surface area contributed by atoms with Gasteiger partial charge in [-0.05, 0) is 24.3 Å². The van der Waals surface area contributed by atoms with Gasteiger partial charge in [0.15, 0.2) is 12.5 Å². The van der Waals surface area contributed by atoms with E-state index in [9.17, 15) is 9.18 Å². The minimum Gasteiger partial charge on any atom is -0.388 e. The summed E-state index contributed by atoms with van der Waals surface area (Å²) in [6.07, 6.45) is 0. The first kappa shape index (κ1) is 8.71. The molecule has 0 unspecified atom stereocenters. The number of carbonyl (C=O) groups excluding carboxylic acids is 1. The molecule has 1 rings (SSSR count). The number of hydrogen-bond acceptors (Lipinski definition) is 2. The smallest absolute Gasteiger partial charge is 0.193 e. The molecule has 0 aliphatic heterocycles. The van der Waals surface area contributed by atoms with Crippen LogP contribution in [0.5, 0.6) is 0 Å². The predicted octanol–water partition coefficient (Wildman–Crippen LogP) is 1.88. The Morgan fingerprint density at radius 2 is 2.00 bits per heavy atom. The molecular formula is C9H10FNO. The summed E-state index contributed by atoms with van der Waals surface area (Å²) < 4.78 is 11.9. The van der Waals surface area contributed by atoms with E-state index in [0.29, 0.717) is 5.56 Å². The fourth-order valence-corrected chi connectivity index (χ4v) is 0.900. The Morgan fingerprint density at radius 3 is 2.42 bits per heavy atom. The number of halogens is 1. The van der Waals surface area contributed by atoms with Gasteiger partial charge < -0.3 is 5.32 Å². The minimum atomic E-state index is -0.932. The summed E-state index contributed by atoms with van der Waals surface area (Å²) in [6, 6.07) is 6.69. The molecule has 3 heteroatoms. The van der Waals surface area contributed by atoms with Crippen LogP contribution in [0.15, 0.2) is 24.3 Å². The number of hydrogen-bond donors (Lipinski definition) is 1. The number of ketones is 1. The highest BCUT2D eigenvalue weighted by atomic mass is 19.1. The molecule has 1 aromatic carbocycles. The van der Waals surface area contributed by atoms with Crippen molar-refractivity contribution in [2.24, 2.45) is 0 Å². The molecule has 0 fully saturated rings. The van der Waals surface area contributed by atoms with Crippen LogP contribution in [0.25, 0.3) is 0 Å². The lowest BCUT2D eigenvalue weighted by Gasteiger charge is -2.00. The summed E-state index contributed by atoms with van der Waals surface area (Å²) in [5, 5.41) is 2.91. The van der Waals surface area contributed by atoms with Crippen molar-refractivity contribution in [1.82, 2.24) is 0 Å². The standard InChI is InChI=1S/C9H10FNO/c1-11-8-4-2-7(3-5-8)9(12)6-10/h2-5,11H,6H2,1H3. The molecule has 0 aliphatic rings. The Labute approximate surface area is 70.4 Å². The van der Waals surface area contributed by atoms with E-state index in [4.69, 9.17) is 0 Å². The maximum absolute atomic E-state index is 11.9. The Kier molecular flexibility index (Phi) is 2.80. The molecule has 0 amide bonds. The van der Waals surface area contributed by atoms with Gasteiger partial charge in [0.2, 0.25) is 0 Å². The van der Waals surface area contributed by atoms with Crippen LogP contribution in [0.4, 0.5) is 10.1 Å². The lowest BCUT2D eigenvalue weighted by atomic mass is 10.1. The lowest BCUT2D eigenvalue weighted by molar-refractivity contribution is 0.0959. The highest BCUT2D eigenvalue weighted by molar-refractivity contribution is 5.97. The summed E-state index contributed by atoms with van der Waals surface area (Å²) in [5.74, 6) is -0.474. The van der Waals surface area contributed by atoms with Crippen LogP contribution in [0, 0.1) is 0 Å². The molecule has 0 spiro atoms. The monoisotopic (exact) mass is 167 g/mol. The molecule has 2 nitrogen and oxygen atoms in total. The number of benzene rings is 1. The van der Waals surface area contributed by atoms with Crippen molar-refractivity contribution in [3.05, 3.63) is 29.8 Å². The van der Waals surface area contributed by atoms with Crippen molar-refractivity contribution >= 4 is 11.5 Å². The minimum absolute atomic E-state index is 0.413. The van der Waals surface area contributed by atoms with E-state index in [1.54, 1.807) is 31.3 Å². The van der Waals surface area contributed by atoms with Crippen LogP contribution in [-0.4, -0.2) is 19.5 Å². The Morgan fingerprint density at radius 1 is 1.42 bits per heavy atom. The van der Waals surface area contributed by atoms with Crippen LogP contribution in [0.3, 0.4) is 0 Å². The maximum Gasteiger partial charge on any atom is 0.193 e. The normalized spacial score (nSPS) is 9.50. The van der Waals surface area contributed by atoms with Crippen LogP contribution >= 0.6 is 0 Å². The third-order valence-electron chi connectivity index (χ3n) is 1.62. The first-order chi connectivity index (χ1) is 5.77. The molecule has 64 valence electrons. The van der Waals surface area contributed by atoms with Gasteiger partial charge in [-0.3, -0.25) is 4.79 Å². The Balaban J connectivity index is 2.84. The average molecular weight is 167 g/mol. The van der Waals surface area contributed by atoms with Crippen LogP contribution in [0.1, 0.15) is 10.4 Å². The molecule has 0 aromatic heterocycles. The predicted molar refractivity (Wildman–Crippen MR) is 46.3 cm³/mol. The summed E-state index contributed by atoms with van der Waals surface area (Å²) >= 11 is 0. The van der Waals surface area contributed by atoms with E-state index >= 15 is 0 Å². The number of Topliss-reactive ketones (excluding diaryl/α,β-unsaturated/α-hetero) is 1. The van der Waals surface area contributed by atoms with Crippen molar-refractivity contribution < 1.29 is 9.18 Å². The Bertz CT molecular complexity index is 268. The average Bonchev–Trinajstić information content (AvgIpc) is 2.17. The SMILES string of the molecule is CNc1ccc(C(=O)CF)cc1. The van der Waals surface area contributed by atoms with Gasteiger partial charge in [-0.1, -0.05) is 0 Å². The maximum atomic E-state index is 11.9. The van der Waals surface area contributed by atoms with Crippen LogP contribution in [0.2, 0.25) is 0 Å². The molecule has 1 aromatic rings. The number of alkyl halides is 1. The third kappa shape index (κ3) is 1.81. The molecule has 0 aliphatic carbocycles. The first-order valence-electron chi connectivity index (χ1n) is 3.65. The molecule has 0 atom stereocenters. The van der Waals surface area contributed by atoms with Gasteiger partial charge in [-0.25, -0.2) is 4.39 Å². The summed E-state index contributed by atoms with van der Waals surface area (Å²) in [7, 11) is 1.78. The van der Waals surface area contributed by atoms with Gasteiger partial charge in [0.1, 0.15) is 0 Å². The summed E-state index contributed by atoms with van der Waals surface area (Å²) in [6.45, 7) is -0.932. The van der Waals surface area contributed by atoms with Crippen LogP contribution < -0.4 is 5.32 Å². The topological polar surface area (TPSA) is 29.1 Å². The fraction of sp³-hybridized carbons (Fsp3) is 0.222. The van der Waals surface area contributed by atoms with Crippen molar-refractivity contribution in [1.29, 1.82) is 0 Å². The molecule has 0 heterocycles. The highest BCUT2D eigenvalue weighted by Gasteiger charge is 2.03. The van der Waals surface area contributed by atoms with E-state index < -0.39 is 12.5 Å². The molecule has 0 radical (unpaired) electrons. The zero-order valence-corrected chi connectivity index (χ0v) is 6.80. The molecule has 0 saturated heterocycles. The van der Waals surface area contributed by atoms with Gasteiger partial charge >= 0.3 is 0 Å². The summed E-state index contributed by atoms with van der Waals surface area (Å²) in [4.78, 5) is 10.8. The Hall–Kier alpha value is -1.38. The molecule has 0 saturated carbocycles. The van der Waals surface area contributed by atoms with Gasteiger partial charge in [-0.15, -0.1) is 0 Å². The van der Waals surface area contributed by atoms with Gasteiger partial charge in [0.25, 0.3) is 0 Å². The largest absolute Gasteiger partial charge is 0.388 e.